The van der Waals surface area contributed by atoms with E-state index in [2.05, 4.69) is 35.3 Å². The van der Waals surface area contributed by atoms with Crippen molar-refractivity contribution in [2.24, 2.45) is 7.05 Å². The highest BCUT2D eigenvalue weighted by atomic mass is 32.2. The minimum absolute atomic E-state index is 0.0213. The van der Waals surface area contributed by atoms with E-state index < -0.39 is 0 Å². The minimum atomic E-state index is 0.0213. The molecule has 5 rings (SSSR count). The number of rotatable bonds is 6. The van der Waals surface area contributed by atoms with Crippen molar-refractivity contribution in [2.75, 3.05) is 10.7 Å². The maximum atomic E-state index is 13.6. The number of nitrogens with zero attached hydrogens (tertiary/aromatic N) is 4. The van der Waals surface area contributed by atoms with Crippen LogP contribution in [0.25, 0.3) is 0 Å². The average Bonchev–Trinajstić information content (AvgIpc) is 3.13. The summed E-state index contributed by atoms with van der Waals surface area (Å²) in [6.07, 6.45) is 1.83. The normalized spacial score (nSPS) is 12.6. The van der Waals surface area contributed by atoms with Gasteiger partial charge in [-0.15, -0.1) is 10.2 Å². The first kappa shape index (κ1) is 23.2. The van der Waals surface area contributed by atoms with Crippen LogP contribution in [0.5, 0.6) is 5.75 Å². The fourth-order valence-corrected chi connectivity index (χ4v) is 5.14. The Hall–Kier alpha value is -3.58. The summed E-state index contributed by atoms with van der Waals surface area (Å²) in [6, 6.07) is 22.4. The fourth-order valence-electron chi connectivity index (χ4n) is 4.36. The maximum absolute atomic E-state index is 13.6. The molecule has 1 aliphatic rings. The van der Waals surface area contributed by atoms with Gasteiger partial charge in [-0.1, -0.05) is 60.3 Å². The molecule has 0 bridgehead atoms. The van der Waals surface area contributed by atoms with Crippen molar-refractivity contribution in [3.63, 3.8) is 0 Å². The molecule has 0 atom stereocenters. The van der Waals surface area contributed by atoms with Gasteiger partial charge in [-0.3, -0.25) is 9.69 Å². The van der Waals surface area contributed by atoms with Crippen molar-refractivity contribution in [2.45, 2.75) is 38.5 Å². The molecular formula is C28H28N4O2S. The Labute approximate surface area is 210 Å². The molecule has 4 aromatic rings. The van der Waals surface area contributed by atoms with Crippen LogP contribution < -0.4 is 9.64 Å². The van der Waals surface area contributed by atoms with Crippen molar-refractivity contribution >= 4 is 29.0 Å². The van der Waals surface area contributed by atoms with Crippen LogP contribution in [0.1, 0.15) is 28.1 Å². The largest absolute Gasteiger partial charge is 0.485 e. The molecule has 7 heteroatoms. The SMILES string of the molecule is Cc1cccc(OCc2nnc(SCC(=O)N3c4ccccc4CCc4ccccc43)n2C)c1C. The third kappa shape index (κ3) is 4.68. The standard InChI is InChI=1S/C28H28N4O2S/c1-19-9-8-14-25(20(19)2)34-17-26-29-30-28(31(26)3)35-18-27(33)32-23-12-6-4-10-21(23)15-16-22-11-5-7-13-24(22)32/h4-14H,15-18H2,1-3H3. The molecule has 2 heterocycles. The molecule has 0 saturated carbocycles. The van der Waals surface area contributed by atoms with Gasteiger partial charge in [0.1, 0.15) is 12.4 Å². The summed E-state index contributed by atoms with van der Waals surface area (Å²) in [5.41, 5.74) is 6.60. The smallest absolute Gasteiger partial charge is 0.242 e. The van der Waals surface area contributed by atoms with Crippen LogP contribution in [0.15, 0.2) is 71.9 Å². The van der Waals surface area contributed by atoms with Gasteiger partial charge in [0, 0.05) is 7.05 Å². The quantitative estimate of drug-likeness (QED) is 0.335. The topological polar surface area (TPSA) is 60.3 Å². The number of fused-ring (bicyclic) bond motifs is 2. The van der Waals surface area contributed by atoms with E-state index in [1.54, 1.807) is 0 Å². The van der Waals surface area contributed by atoms with Crippen LogP contribution in [0.3, 0.4) is 0 Å². The Morgan fingerprint density at radius 3 is 2.26 bits per heavy atom. The predicted molar refractivity (Wildman–Crippen MR) is 139 cm³/mol. The predicted octanol–water partition coefficient (Wildman–Crippen LogP) is 5.57. The Bertz CT molecular complexity index is 1330. The molecule has 0 saturated heterocycles. The lowest BCUT2D eigenvalue weighted by Gasteiger charge is -2.24. The van der Waals surface area contributed by atoms with Crippen LogP contribution in [-0.4, -0.2) is 26.4 Å². The molecule has 35 heavy (non-hydrogen) atoms. The lowest BCUT2D eigenvalue weighted by molar-refractivity contribution is -0.115. The van der Waals surface area contributed by atoms with Gasteiger partial charge < -0.3 is 9.30 Å². The van der Waals surface area contributed by atoms with Crippen molar-refractivity contribution in [3.8, 4) is 5.75 Å². The number of thioether (sulfide) groups is 1. The minimum Gasteiger partial charge on any atom is -0.485 e. The van der Waals surface area contributed by atoms with Crippen molar-refractivity contribution in [1.82, 2.24) is 14.8 Å². The van der Waals surface area contributed by atoms with Gasteiger partial charge in [0.05, 0.1) is 17.1 Å². The second-order valence-electron chi connectivity index (χ2n) is 8.72. The molecule has 1 aliphatic heterocycles. The number of aromatic nitrogens is 3. The van der Waals surface area contributed by atoms with Crippen LogP contribution >= 0.6 is 11.8 Å². The van der Waals surface area contributed by atoms with Crippen molar-refractivity contribution < 1.29 is 9.53 Å². The highest BCUT2D eigenvalue weighted by Crippen LogP contribution is 2.36. The molecule has 1 aromatic heterocycles. The monoisotopic (exact) mass is 484 g/mol. The molecule has 0 unspecified atom stereocenters. The second kappa shape index (κ2) is 9.96. The Morgan fingerprint density at radius 2 is 1.57 bits per heavy atom. The lowest BCUT2D eigenvalue weighted by Crippen LogP contribution is -2.28. The van der Waals surface area contributed by atoms with Gasteiger partial charge in [0.2, 0.25) is 5.91 Å². The number of hydrogen-bond donors (Lipinski definition) is 0. The van der Waals surface area contributed by atoms with E-state index in [1.165, 1.54) is 28.5 Å². The van der Waals surface area contributed by atoms with Gasteiger partial charge in [0.25, 0.3) is 0 Å². The molecule has 178 valence electrons. The first-order valence-corrected chi connectivity index (χ1v) is 12.7. The third-order valence-electron chi connectivity index (χ3n) is 6.54. The third-order valence-corrected chi connectivity index (χ3v) is 7.54. The molecule has 3 aromatic carbocycles. The summed E-state index contributed by atoms with van der Waals surface area (Å²) in [7, 11) is 1.91. The number of para-hydroxylation sites is 2. The molecule has 6 nitrogen and oxygen atoms in total. The lowest BCUT2D eigenvalue weighted by atomic mass is 10.0. The Morgan fingerprint density at radius 1 is 0.914 bits per heavy atom. The van der Waals surface area contributed by atoms with E-state index in [0.29, 0.717) is 17.6 Å². The van der Waals surface area contributed by atoms with Crippen molar-refractivity contribution in [3.05, 3.63) is 94.8 Å². The summed E-state index contributed by atoms with van der Waals surface area (Å²) in [4.78, 5) is 15.4. The number of benzene rings is 3. The van der Waals surface area contributed by atoms with Crippen molar-refractivity contribution in [1.29, 1.82) is 0 Å². The van der Waals surface area contributed by atoms with Crippen LogP contribution in [0.2, 0.25) is 0 Å². The molecule has 0 radical (unpaired) electrons. The number of amides is 1. The molecule has 0 fully saturated rings. The molecule has 0 N–H and O–H groups in total. The fraction of sp³-hybridized carbons (Fsp3) is 0.250. The van der Waals surface area contributed by atoms with Gasteiger partial charge >= 0.3 is 0 Å². The highest BCUT2D eigenvalue weighted by molar-refractivity contribution is 7.99. The zero-order valence-corrected chi connectivity index (χ0v) is 21.0. The van der Waals surface area contributed by atoms with Gasteiger partial charge in [-0.05, 0) is 67.1 Å². The number of aryl methyl sites for hydroxylation is 3. The van der Waals surface area contributed by atoms with E-state index in [1.807, 2.05) is 72.0 Å². The van der Waals surface area contributed by atoms with Gasteiger partial charge in [-0.25, -0.2) is 0 Å². The molecule has 0 spiro atoms. The highest BCUT2D eigenvalue weighted by Gasteiger charge is 2.26. The van der Waals surface area contributed by atoms with Gasteiger partial charge in [-0.2, -0.15) is 0 Å². The second-order valence-corrected chi connectivity index (χ2v) is 9.66. The van der Waals surface area contributed by atoms with E-state index in [4.69, 9.17) is 4.74 Å². The summed E-state index contributed by atoms with van der Waals surface area (Å²) < 4.78 is 7.90. The summed E-state index contributed by atoms with van der Waals surface area (Å²) in [6.45, 7) is 4.43. The van der Waals surface area contributed by atoms with Crippen LogP contribution in [0, 0.1) is 13.8 Å². The Kier molecular flexibility index (Phi) is 6.59. The van der Waals surface area contributed by atoms with E-state index in [-0.39, 0.29) is 11.7 Å². The molecule has 0 aliphatic carbocycles. The molecular weight excluding hydrogens is 456 g/mol. The number of carbonyl (C=O) groups is 1. The first-order valence-electron chi connectivity index (χ1n) is 11.7. The van der Waals surface area contributed by atoms with Crippen LogP contribution in [-0.2, 0) is 31.3 Å². The number of anilines is 2. The number of ether oxygens (including phenoxy) is 1. The summed E-state index contributed by atoms with van der Waals surface area (Å²) in [5, 5.41) is 9.31. The molecule has 1 amide bonds. The zero-order chi connectivity index (χ0) is 24.4. The van der Waals surface area contributed by atoms with E-state index in [0.717, 1.165) is 35.5 Å². The number of carbonyl (C=O) groups excluding carboxylic acids is 1. The summed E-state index contributed by atoms with van der Waals surface area (Å²) >= 11 is 1.40. The Balaban J connectivity index is 1.32. The zero-order valence-electron chi connectivity index (χ0n) is 20.2. The van der Waals surface area contributed by atoms with E-state index >= 15 is 0 Å². The number of hydrogen-bond acceptors (Lipinski definition) is 5. The van der Waals surface area contributed by atoms with E-state index in [9.17, 15) is 4.79 Å². The van der Waals surface area contributed by atoms with Crippen LogP contribution in [0.4, 0.5) is 11.4 Å². The average molecular weight is 485 g/mol. The first-order chi connectivity index (χ1) is 17.0. The summed E-state index contributed by atoms with van der Waals surface area (Å²) in [5.74, 6) is 1.84. The maximum Gasteiger partial charge on any atom is 0.242 e. The van der Waals surface area contributed by atoms with Gasteiger partial charge in [0.15, 0.2) is 11.0 Å².